The van der Waals surface area contributed by atoms with Crippen molar-refractivity contribution in [3.8, 4) is 5.75 Å². The van der Waals surface area contributed by atoms with Gasteiger partial charge in [-0.3, -0.25) is 0 Å². The highest BCUT2D eigenvalue weighted by atomic mass is 127. The first kappa shape index (κ1) is 16.5. The highest BCUT2D eigenvalue weighted by Gasteiger charge is 2.41. The van der Waals surface area contributed by atoms with Gasteiger partial charge in [-0.1, -0.05) is 21.8 Å². The first-order valence-electron chi connectivity index (χ1n) is 4.39. The lowest BCUT2D eigenvalue weighted by Crippen LogP contribution is -2.44. The van der Waals surface area contributed by atoms with Crippen LogP contribution in [0.4, 0.5) is 30.7 Å². The van der Waals surface area contributed by atoms with Crippen LogP contribution in [0.3, 0.4) is 0 Å². The summed E-state index contributed by atoms with van der Waals surface area (Å²) in [6, 6.07) is 0. The molecule has 1 atom stereocenters. The van der Waals surface area contributed by atoms with Crippen molar-refractivity contribution in [2.75, 3.05) is 0 Å². The minimum absolute atomic E-state index is 0.929. The Morgan fingerprint density at radius 1 is 1.00 bits per heavy atom. The number of benzene rings is 1. The zero-order valence-corrected chi connectivity index (χ0v) is 12.0. The van der Waals surface area contributed by atoms with E-state index in [4.69, 9.17) is 0 Å². The van der Waals surface area contributed by atoms with Gasteiger partial charge in [-0.25, -0.2) is 8.78 Å². The van der Waals surface area contributed by atoms with Crippen LogP contribution < -0.4 is 9.92 Å². The van der Waals surface area contributed by atoms with Crippen molar-refractivity contribution in [2.24, 2.45) is 0 Å². The van der Waals surface area contributed by atoms with Gasteiger partial charge in [0.15, 0.2) is 11.6 Å². The van der Waals surface area contributed by atoms with Gasteiger partial charge in [0.05, 0.1) is 5.19 Å². The number of alkyl halides is 3. The van der Waals surface area contributed by atoms with Crippen LogP contribution in [0.5, 0.6) is 5.75 Å². The number of ether oxygens (including phenoxy) is 1. The highest BCUT2D eigenvalue weighted by molar-refractivity contribution is 14.1. The lowest BCUT2D eigenvalue weighted by atomic mass is 10.3. The van der Waals surface area contributed by atoms with Gasteiger partial charge in [0.1, 0.15) is 0 Å². The van der Waals surface area contributed by atoms with Gasteiger partial charge in [0.25, 0.3) is 5.81 Å². The van der Waals surface area contributed by atoms with Crippen LogP contribution in [-0.2, 0) is 0 Å². The Hall–Kier alpha value is -0.563. The standard InChI is InChI=1S/C8H4F7IO2Si/c1-19(16,17)7-4(11)2(9)6(3(10)5(7)12)18-8(13,14)15/h17H,1H3. The average Bonchev–Trinajstić information content (AvgIpc) is 2.18. The smallest absolute Gasteiger partial charge is 0.420 e. The number of halogens is 8. The number of hydrogen-bond donors (Lipinski definition) is 1. The summed E-state index contributed by atoms with van der Waals surface area (Å²) in [5, 5.41) is -1.31. The second-order valence-corrected chi connectivity index (χ2v) is 12.2. The summed E-state index contributed by atoms with van der Waals surface area (Å²) in [7, 11) is 0. The van der Waals surface area contributed by atoms with Crippen molar-refractivity contribution in [2.45, 2.75) is 12.9 Å². The number of hydrogen-bond acceptors (Lipinski definition) is 2. The summed E-state index contributed by atoms with van der Waals surface area (Å²) in [6.07, 6.45) is -5.52. The zero-order chi connectivity index (χ0) is 15.2. The zero-order valence-electron chi connectivity index (χ0n) is 8.88. The van der Waals surface area contributed by atoms with E-state index in [1.165, 1.54) is 21.8 Å². The Morgan fingerprint density at radius 2 is 1.37 bits per heavy atom. The topological polar surface area (TPSA) is 29.5 Å². The molecular formula is C8H4F7IO2Si. The molecule has 1 rings (SSSR count). The van der Waals surface area contributed by atoms with Gasteiger partial charge in [-0.2, -0.15) is 8.78 Å². The Morgan fingerprint density at radius 3 is 1.63 bits per heavy atom. The van der Waals surface area contributed by atoms with E-state index >= 15 is 0 Å². The largest absolute Gasteiger partial charge is 0.573 e. The van der Waals surface area contributed by atoms with Crippen molar-refractivity contribution in [3.05, 3.63) is 23.3 Å². The van der Waals surface area contributed by atoms with Crippen LogP contribution in [0.2, 0.25) is 6.55 Å². The average molecular weight is 420 g/mol. The first-order chi connectivity index (χ1) is 8.36. The molecule has 0 bridgehead atoms. The van der Waals surface area contributed by atoms with E-state index < -0.39 is 46.4 Å². The lowest BCUT2D eigenvalue weighted by molar-refractivity contribution is -0.276. The Balaban J connectivity index is 3.57. The second kappa shape index (κ2) is 5.09. The molecule has 0 heterocycles. The minimum Gasteiger partial charge on any atom is -0.420 e. The first-order valence-corrected chi connectivity index (χ1v) is 9.96. The maximum absolute atomic E-state index is 13.4. The van der Waals surface area contributed by atoms with E-state index in [9.17, 15) is 35.5 Å². The van der Waals surface area contributed by atoms with E-state index in [-0.39, 0.29) is 0 Å². The number of rotatable bonds is 2. The molecule has 1 aromatic carbocycles. The third kappa shape index (κ3) is 3.50. The molecule has 1 unspecified atom stereocenters. The van der Waals surface area contributed by atoms with E-state index in [2.05, 4.69) is 4.74 Å². The second-order valence-electron chi connectivity index (χ2n) is 3.46. The van der Waals surface area contributed by atoms with Crippen molar-refractivity contribution < 1.29 is 40.3 Å². The molecule has 0 radical (unpaired) electrons. The van der Waals surface area contributed by atoms with Crippen LogP contribution in [0, 0.1) is 23.3 Å². The normalized spacial score (nSPS) is 15.3. The van der Waals surface area contributed by atoms with Crippen LogP contribution in [0.15, 0.2) is 0 Å². The molecular weight excluding hydrogens is 416 g/mol. The fourth-order valence-electron chi connectivity index (χ4n) is 1.22. The molecule has 108 valence electrons. The molecule has 0 saturated carbocycles. The molecule has 11 heteroatoms. The summed E-state index contributed by atoms with van der Waals surface area (Å²) in [5.41, 5.74) is 0. The SMILES string of the molecule is C[Si](O)(I)c1c(F)c(F)c(OC(F)(F)F)c(F)c1F. The van der Waals surface area contributed by atoms with Gasteiger partial charge in [-0.05, 0) is 6.55 Å². The van der Waals surface area contributed by atoms with Crippen molar-refractivity contribution >= 4 is 32.8 Å². The van der Waals surface area contributed by atoms with Crippen molar-refractivity contribution in [1.82, 2.24) is 0 Å². The Labute approximate surface area is 115 Å². The maximum Gasteiger partial charge on any atom is 0.573 e. The predicted molar refractivity (Wildman–Crippen MR) is 60.4 cm³/mol. The quantitative estimate of drug-likeness (QED) is 0.262. The van der Waals surface area contributed by atoms with Crippen LogP contribution in [0.1, 0.15) is 0 Å². The lowest BCUT2D eigenvalue weighted by Gasteiger charge is -2.18. The summed E-state index contributed by atoms with van der Waals surface area (Å²) < 4.78 is 91.8. The molecule has 1 aromatic rings. The Kier molecular flexibility index (Phi) is 4.41. The van der Waals surface area contributed by atoms with Gasteiger partial charge < -0.3 is 9.53 Å². The van der Waals surface area contributed by atoms with Crippen molar-refractivity contribution in [1.29, 1.82) is 0 Å². The summed E-state index contributed by atoms with van der Waals surface area (Å²) >= 11 is 1.19. The van der Waals surface area contributed by atoms with E-state index in [1.54, 1.807) is 0 Å². The monoisotopic (exact) mass is 420 g/mol. The van der Waals surface area contributed by atoms with E-state index in [1.807, 2.05) is 0 Å². The van der Waals surface area contributed by atoms with Crippen LogP contribution >= 0.6 is 21.8 Å². The molecule has 19 heavy (non-hydrogen) atoms. The van der Waals surface area contributed by atoms with Gasteiger partial charge >= 0.3 is 6.36 Å². The fraction of sp³-hybridized carbons (Fsp3) is 0.250. The molecule has 0 aromatic heterocycles. The molecule has 2 nitrogen and oxygen atoms in total. The molecule has 0 spiro atoms. The van der Waals surface area contributed by atoms with Gasteiger partial charge in [0, 0.05) is 0 Å². The molecule has 1 N–H and O–H groups in total. The molecule has 0 aliphatic heterocycles. The predicted octanol–water partition coefficient (Wildman–Crippen LogP) is 2.85. The van der Waals surface area contributed by atoms with E-state index in [0.29, 0.717) is 0 Å². The molecule has 0 saturated heterocycles. The molecule has 0 aliphatic carbocycles. The third-order valence-electron chi connectivity index (χ3n) is 1.90. The fourth-order valence-corrected chi connectivity index (χ4v) is 3.66. The summed E-state index contributed by atoms with van der Waals surface area (Å²) in [5.74, 6) is -15.0. The van der Waals surface area contributed by atoms with Gasteiger partial charge in [0.2, 0.25) is 17.4 Å². The van der Waals surface area contributed by atoms with Crippen molar-refractivity contribution in [3.63, 3.8) is 0 Å². The van der Waals surface area contributed by atoms with E-state index in [0.717, 1.165) is 6.55 Å². The summed E-state index contributed by atoms with van der Waals surface area (Å²) in [6.45, 7) is 0.929. The molecule has 0 aliphatic rings. The van der Waals surface area contributed by atoms with Crippen LogP contribution in [-0.4, -0.2) is 17.0 Å². The highest BCUT2D eigenvalue weighted by Crippen LogP contribution is 2.32. The van der Waals surface area contributed by atoms with Gasteiger partial charge in [-0.15, -0.1) is 13.2 Å². The summed E-state index contributed by atoms with van der Waals surface area (Å²) in [4.78, 5) is 9.47. The molecule has 0 amide bonds. The Bertz CT molecular complexity index is 482. The third-order valence-corrected chi connectivity index (χ3v) is 4.87. The van der Waals surface area contributed by atoms with Crippen LogP contribution in [0.25, 0.3) is 0 Å². The minimum atomic E-state index is -5.52. The molecule has 0 fully saturated rings. The maximum atomic E-state index is 13.4.